The zero-order valence-corrected chi connectivity index (χ0v) is 20.6. The van der Waals surface area contributed by atoms with Crippen molar-refractivity contribution in [2.45, 2.75) is 51.3 Å². The van der Waals surface area contributed by atoms with Crippen LogP contribution >= 0.6 is 0 Å². The molecule has 2 aliphatic rings. The van der Waals surface area contributed by atoms with Crippen molar-refractivity contribution in [2.24, 2.45) is 0 Å². The first-order valence-corrected chi connectivity index (χ1v) is 12.1. The number of amides is 1. The Morgan fingerprint density at radius 3 is 2.69 bits per heavy atom. The molecule has 2 fully saturated rings. The summed E-state index contributed by atoms with van der Waals surface area (Å²) in [6, 6.07) is 6.01. The van der Waals surface area contributed by atoms with Gasteiger partial charge in [0.05, 0.1) is 60.3 Å². The van der Waals surface area contributed by atoms with Gasteiger partial charge in [0.25, 0.3) is 11.5 Å². The van der Waals surface area contributed by atoms with Gasteiger partial charge in [0.15, 0.2) is 0 Å². The van der Waals surface area contributed by atoms with Crippen LogP contribution in [0.2, 0.25) is 0 Å². The van der Waals surface area contributed by atoms with Crippen molar-refractivity contribution >= 4 is 16.8 Å². The molecular weight excluding hydrogens is 465 g/mol. The van der Waals surface area contributed by atoms with E-state index in [0.717, 1.165) is 16.7 Å². The molecule has 5 rings (SSSR count). The molecule has 190 valence electrons. The van der Waals surface area contributed by atoms with Crippen molar-refractivity contribution in [1.82, 2.24) is 14.9 Å². The number of aliphatic hydroxyl groups excluding tert-OH is 1. The fourth-order valence-corrected chi connectivity index (χ4v) is 4.96. The summed E-state index contributed by atoms with van der Waals surface area (Å²) >= 11 is 0. The van der Waals surface area contributed by atoms with Crippen LogP contribution in [0.4, 0.5) is 4.39 Å². The maximum absolute atomic E-state index is 14.9. The Kier molecular flexibility index (Phi) is 6.40. The number of hydrogen-bond donors (Lipinski definition) is 2. The molecule has 1 amide bonds. The fourth-order valence-electron chi connectivity index (χ4n) is 4.96. The second-order valence-electron chi connectivity index (χ2n) is 10.1. The molecule has 36 heavy (non-hydrogen) atoms. The van der Waals surface area contributed by atoms with Crippen LogP contribution in [-0.2, 0) is 15.9 Å². The number of fused-ring (bicyclic) bond motifs is 1. The first kappa shape index (κ1) is 24.5. The topological polar surface area (TPSA) is 103 Å². The van der Waals surface area contributed by atoms with Gasteiger partial charge < -0.3 is 19.9 Å². The molecule has 2 atom stereocenters. The van der Waals surface area contributed by atoms with Gasteiger partial charge in [-0.2, -0.15) is 0 Å². The number of carbonyl (C=O) groups excluding carboxylic acids is 1. The van der Waals surface area contributed by atoms with Crippen LogP contribution in [0.5, 0.6) is 0 Å². The van der Waals surface area contributed by atoms with E-state index in [1.807, 2.05) is 26.8 Å². The lowest BCUT2D eigenvalue weighted by Gasteiger charge is -2.38. The summed E-state index contributed by atoms with van der Waals surface area (Å²) in [5.41, 5.74) is 3.33. The average molecular weight is 496 g/mol. The number of aromatic nitrogens is 2. The van der Waals surface area contributed by atoms with Crippen molar-refractivity contribution in [1.29, 1.82) is 0 Å². The summed E-state index contributed by atoms with van der Waals surface area (Å²) in [6.45, 7) is 7.19. The van der Waals surface area contributed by atoms with Crippen LogP contribution in [0.1, 0.15) is 52.0 Å². The number of benzene rings is 2. The van der Waals surface area contributed by atoms with Crippen molar-refractivity contribution in [3.8, 4) is 0 Å². The van der Waals surface area contributed by atoms with E-state index in [0.29, 0.717) is 49.1 Å². The third kappa shape index (κ3) is 4.42. The summed E-state index contributed by atoms with van der Waals surface area (Å²) in [5, 5.41) is 13.6. The quantitative estimate of drug-likeness (QED) is 0.564. The number of aliphatic hydroxyl groups is 1. The first-order valence-electron chi connectivity index (χ1n) is 12.1. The zero-order chi connectivity index (χ0) is 25.6. The van der Waals surface area contributed by atoms with Crippen molar-refractivity contribution in [3.05, 3.63) is 74.6 Å². The number of ether oxygens (including phenoxy) is 2. The van der Waals surface area contributed by atoms with Crippen LogP contribution in [0, 0.1) is 19.7 Å². The van der Waals surface area contributed by atoms with E-state index in [1.165, 1.54) is 23.0 Å². The molecule has 2 aromatic carbocycles. The van der Waals surface area contributed by atoms with E-state index in [-0.39, 0.29) is 17.7 Å². The summed E-state index contributed by atoms with van der Waals surface area (Å²) in [4.78, 5) is 30.5. The minimum absolute atomic E-state index is 0.0135. The molecule has 0 saturated carbocycles. The number of carbonyl (C=O) groups is 1. The van der Waals surface area contributed by atoms with Gasteiger partial charge in [-0.1, -0.05) is 6.07 Å². The Labute approximate surface area is 208 Å². The van der Waals surface area contributed by atoms with E-state index < -0.39 is 29.4 Å². The zero-order valence-electron chi connectivity index (χ0n) is 20.6. The molecule has 2 aliphatic heterocycles. The predicted octanol–water partition coefficient (Wildman–Crippen LogP) is 2.58. The minimum atomic E-state index is -0.778. The monoisotopic (exact) mass is 495 g/mol. The number of hydrogen-bond acceptors (Lipinski definition) is 6. The molecular formula is C27H30FN3O5. The molecule has 0 aliphatic carbocycles. The van der Waals surface area contributed by atoms with E-state index >= 15 is 0 Å². The predicted molar refractivity (Wildman–Crippen MR) is 132 cm³/mol. The first-order chi connectivity index (χ1) is 17.2. The molecule has 0 spiro atoms. The maximum Gasteiger partial charge on any atom is 0.261 e. The Balaban J connectivity index is 1.46. The third-order valence-electron chi connectivity index (χ3n) is 7.33. The molecule has 0 bridgehead atoms. The van der Waals surface area contributed by atoms with Gasteiger partial charge in [-0.15, -0.1) is 0 Å². The smallest absolute Gasteiger partial charge is 0.261 e. The summed E-state index contributed by atoms with van der Waals surface area (Å²) in [7, 11) is 0. The number of nitrogens with zero attached hydrogens (tertiary/aromatic N) is 2. The van der Waals surface area contributed by atoms with Gasteiger partial charge in [-0.05, 0) is 74.1 Å². The number of aryl methyl sites for hydroxylation is 1. The van der Waals surface area contributed by atoms with Gasteiger partial charge in [-0.25, -0.2) is 9.37 Å². The van der Waals surface area contributed by atoms with Gasteiger partial charge in [0, 0.05) is 6.61 Å². The molecule has 1 aromatic heterocycles. The molecule has 9 heteroatoms. The lowest BCUT2D eigenvalue weighted by molar-refractivity contribution is -0.0594. The highest BCUT2D eigenvalue weighted by Gasteiger charge is 2.35. The Bertz CT molecular complexity index is 1400. The van der Waals surface area contributed by atoms with Crippen LogP contribution in [0.3, 0.4) is 0 Å². The molecule has 0 radical (unpaired) electrons. The van der Waals surface area contributed by atoms with Crippen molar-refractivity contribution in [3.63, 3.8) is 0 Å². The Hall–Kier alpha value is -3.14. The Morgan fingerprint density at radius 2 is 2.03 bits per heavy atom. The van der Waals surface area contributed by atoms with Crippen molar-refractivity contribution in [2.75, 3.05) is 26.4 Å². The van der Waals surface area contributed by atoms with Gasteiger partial charge in [-0.3, -0.25) is 14.2 Å². The van der Waals surface area contributed by atoms with Crippen LogP contribution in [-0.4, -0.2) is 58.6 Å². The summed E-state index contributed by atoms with van der Waals surface area (Å²) in [6.07, 6.45) is 1.64. The number of nitrogens with one attached hydrogen (secondary N) is 1. The van der Waals surface area contributed by atoms with Gasteiger partial charge in [0.1, 0.15) is 5.82 Å². The molecule has 8 nitrogen and oxygen atoms in total. The van der Waals surface area contributed by atoms with E-state index in [9.17, 15) is 19.1 Å². The maximum atomic E-state index is 14.9. The number of halogens is 1. The van der Waals surface area contributed by atoms with E-state index in [1.54, 1.807) is 6.07 Å². The van der Waals surface area contributed by atoms with Gasteiger partial charge in [0.2, 0.25) is 0 Å². The number of rotatable bonds is 5. The molecule has 3 aromatic rings. The summed E-state index contributed by atoms with van der Waals surface area (Å²) in [5.74, 6) is -1.06. The van der Waals surface area contributed by atoms with Gasteiger partial charge >= 0.3 is 0 Å². The molecule has 3 heterocycles. The highest BCUT2D eigenvalue weighted by Crippen LogP contribution is 2.26. The highest BCUT2D eigenvalue weighted by molar-refractivity contribution is 5.95. The van der Waals surface area contributed by atoms with E-state index in [2.05, 4.69) is 10.3 Å². The largest absolute Gasteiger partial charge is 0.389 e. The lowest BCUT2D eigenvalue weighted by Crippen LogP contribution is -2.60. The second-order valence-corrected chi connectivity index (χ2v) is 10.1. The third-order valence-corrected chi connectivity index (χ3v) is 7.33. The van der Waals surface area contributed by atoms with E-state index in [4.69, 9.17) is 9.47 Å². The minimum Gasteiger partial charge on any atom is -0.389 e. The SMILES string of the molecule is Cc1c(Cc2ccc(C(=O)NC3(C)COC3)c(F)c2)cc2c(=O)n([C@H]3CCOC[C@@H]3O)cnc2c1C. The molecule has 0 unspecified atom stereocenters. The highest BCUT2D eigenvalue weighted by atomic mass is 19.1. The van der Waals surface area contributed by atoms with Crippen LogP contribution in [0.25, 0.3) is 10.9 Å². The van der Waals surface area contributed by atoms with Crippen LogP contribution in [0.15, 0.2) is 35.4 Å². The lowest BCUT2D eigenvalue weighted by atomic mass is 9.94. The Morgan fingerprint density at radius 1 is 1.25 bits per heavy atom. The summed E-state index contributed by atoms with van der Waals surface area (Å²) < 4.78 is 26.8. The normalized spacial score (nSPS) is 21.2. The van der Waals surface area contributed by atoms with Crippen LogP contribution < -0.4 is 10.9 Å². The standard InChI is InChI=1S/C27H30FN3O5/c1-15-16(2)24-20(26(34)31(14-29-24)22-6-7-35-11-23(22)32)10-18(15)8-17-4-5-19(21(28)9-17)25(33)30-27(3)12-36-13-27/h4-5,9-10,14,22-23,32H,6-8,11-13H2,1-3H3,(H,30,33)/t22-,23-/m0/s1. The molecule has 2 N–H and O–H groups in total. The fraction of sp³-hybridized carbons (Fsp3) is 0.444. The van der Waals surface area contributed by atoms with Crippen molar-refractivity contribution < 1.29 is 23.8 Å². The second kappa shape index (κ2) is 9.38. The average Bonchev–Trinajstić information content (AvgIpc) is 2.82. The molecule has 2 saturated heterocycles.